The van der Waals surface area contributed by atoms with Crippen LogP contribution in [-0.2, 0) is 6.42 Å². The highest BCUT2D eigenvalue weighted by Gasteiger charge is 2.17. The molecule has 1 aliphatic rings. The minimum atomic E-state index is 1.10. The Hall–Kier alpha value is -5.98. The smallest absolute Gasteiger partial charge is 0.00988 e. The summed E-state index contributed by atoms with van der Waals surface area (Å²) in [5.74, 6) is 0. The maximum atomic E-state index is 2.38. The minimum absolute atomic E-state index is 1.10. The Labute approximate surface area is 294 Å². The van der Waals surface area contributed by atoms with Gasteiger partial charge in [-0.3, -0.25) is 0 Å². The molecule has 0 unspecified atom stereocenters. The molecule has 50 heavy (non-hydrogen) atoms. The Morgan fingerprint density at radius 1 is 0.480 bits per heavy atom. The fourth-order valence-electron chi connectivity index (χ4n) is 8.04. The van der Waals surface area contributed by atoms with Gasteiger partial charge < -0.3 is 0 Å². The van der Waals surface area contributed by atoms with Gasteiger partial charge in [0.1, 0.15) is 0 Å². The van der Waals surface area contributed by atoms with Crippen LogP contribution in [0.3, 0.4) is 0 Å². The lowest BCUT2D eigenvalue weighted by molar-refractivity contribution is 0.970. The second kappa shape index (κ2) is 12.5. The predicted molar refractivity (Wildman–Crippen MR) is 218 cm³/mol. The lowest BCUT2D eigenvalue weighted by Crippen LogP contribution is -2.02. The van der Waals surface area contributed by atoms with Crippen LogP contribution in [0.15, 0.2) is 158 Å². The van der Waals surface area contributed by atoms with Crippen LogP contribution in [0.4, 0.5) is 0 Å². The molecule has 0 N–H and O–H groups in total. The zero-order valence-corrected chi connectivity index (χ0v) is 28.6. The van der Waals surface area contributed by atoms with E-state index < -0.39 is 0 Å². The highest BCUT2D eigenvalue weighted by atomic mass is 14.2. The van der Waals surface area contributed by atoms with Crippen molar-refractivity contribution in [2.45, 2.75) is 26.7 Å². The average molecular weight is 639 g/mol. The van der Waals surface area contributed by atoms with E-state index in [0.29, 0.717) is 0 Å². The molecule has 1 aliphatic carbocycles. The van der Waals surface area contributed by atoms with Gasteiger partial charge in [0.25, 0.3) is 0 Å². The largest absolute Gasteiger partial charge is 0.0871 e. The minimum Gasteiger partial charge on any atom is -0.0871 e. The molecule has 0 atom stereocenters. The van der Waals surface area contributed by atoms with Gasteiger partial charge in [-0.25, -0.2) is 0 Å². The number of benzene rings is 8. The third kappa shape index (κ3) is 5.25. The Kier molecular flexibility index (Phi) is 7.51. The van der Waals surface area contributed by atoms with Crippen molar-refractivity contribution in [1.82, 2.24) is 0 Å². The van der Waals surface area contributed by atoms with Gasteiger partial charge in [-0.05, 0) is 162 Å². The zero-order valence-electron chi connectivity index (χ0n) is 28.6. The molecular formula is C50H38. The second-order valence-electron chi connectivity index (χ2n) is 13.6. The highest BCUT2D eigenvalue weighted by molar-refractivity contribution is 6.14. The second-order valence-corrected chi connectivity index (χ2v) is 13.6. The Balaban J connectivity index is 1.11. The number of hydrogen-bond donors (Lipinski definition) is 0. The number of hydrogen-bond acceptors (Lipinski definition) is 0. The van der Waals surface area contributed by atoms with Gasteiger partial charge in [-0.15, -0.1) is 0 Å². The molecule has 0 bridgehead atoms. The maximum Gasteiger partial charge on any atom is -0.00988 e. The van der Waals surface area contributed by atoms with Gasteiger partial charge in [0, 0.05) is 0 Å². The third-order valence-electron chi connectivity index (χ3n) is 10.6. The normalized spacial score (nSPS) is 12.7. The molecule has 238 valence electrons. The summed E-state index contributed by atoms with van der Waals surface area (Å²) >= 11 is 0. The first-order chi connectivity index (χ1) is 24.6. The molecule has 0 nitrogen and oxygen atoms in total. The first kappa shape index (κ1) is 30.1. The van der Waals surface area contributed by atoms with E-state index in [1.54, 1.807) is 0 Å². The molecule has 0 heteroatoms. The van der Waals surface area contributed by atoms with Crippen LogP contribution in [0, 0.1) is 6.92 Å². The molecule has 9 rings (SSSR count). The van der Waals surface area contributed by atoms with Crippen molar-refractivity contribution in [1.29, 1.82) is 0 Å². The van der Waals surface area contributed by atoms with E-state index in [-0.39, 0.29) is 0 Å². The van der Waals surface area contributed by atoms with E-state index in [4.69, 9.17) is 0 Å². The maximum absolute atomic E-state index is 2.38. The van der Waals surface area contributed by atoms with Gasteiger partial charge in [-0.1, -0.05) is 133 Å². The molecule has 0 spiro atoms. The molecule has 0 amide bonds. The van der Waals surface area contributed by atoms with Crippen molar-refractivity contribution in [3.8, 4) is 44.5 Å². The summed E-state index contributed by atoms with van der Waals surface area (Å²) in [6, 6.07) is 54.1. The van der Waals surface area contributed by atoms with E-state index in [2.05, 4.69) is 184 Å². The monoisotopic (exact) mass is 638 g/mol. The highest BCUT2D eigenvalue weighted by Crippen LogP contribution is 2.39. The zero-order chi connectivity index (χ0) is 33.6. The fraction of sp³-hybridized carbons (Fsp3) is 0.0800. The summed E-state index contributed by atoms with van der Waals surface area (Å²) in [6.07, 6.45) is 11.3. The summed E-state index contributed by atoms with van der Waals surface area (Å²) < 4.78 is 0. The summed E-state index contributed by atoms with van der Waals surface area (Å²) in [5, 5.41) is 7.65. The molecule has 0 saturated carbocycles. The quantitative estimate of drug-likeness (QED) is 0.165. The SMILES string of the molecule is C/C=C\c1cc(-c2cccc(-c3ccc4ccc(-c5cccc(-c6cc7ccccc7c7ccccc67)c5)cc4c3)c2)c2c(c1C)CCC=C2. The van der Waals surface area contributed by atoms with Gasteiger partial charge in [0.05, 0.1) is 0 Å². The molecule has 0 aliphatic heterocycles. The van der Waals surface area contributed by atoms with Gasteiger partial charge in [0.2, 0.25) is 0 Å². The summed E-state index contributed by atoms with van der Waals surface area (Å²) in [5.41, 5.74) is 15.6. The van der Waals surface area contributed by atoms with Crippen LogP contribution >= 0.6 is 0 Å². The van der Waals surface area contributed by atoms with Crippen LogP contribution in [0.5, 0.6) is 0 Å². The summed E-state index contributed by atoms with van der Waals surface area (Å²) in [7, 11) is 0. The predicted octanol–water partition coefficient (Wildman–Crippen LogP) is 14.1. The molecule has 8 aromatic carbocycles. The van der Waals surface area contributed by atoms with Gasteiger partial charge >= 0.3 is 0 Å². The first-order valence-corrected chi connectivity index (χ1v) is 17.8. The molecular weight excluding hydrogens is 601 g/mol. The van der Waals surface area contributed by atoms with Crippen molar-refractivity contribution in [2.75, 3.05) is 0 Å². The van der Waals surface area contributed by atoms with Gasteiger partial charge in [-0.2, -0.15) is 0 Å². The Morgan fingerprint density at radius 2 is 1.10 bits per heavy atom. The Bertz CT molecular complexity index is 2660. The lowest BCUT2D eigenvalue weighted by Gasteiger charge is -2.21. The van der Waals surface area contributed by atoms with Crippen molar-refractivity contribution in [3.05, 3.63) is 180 Å². The van der Waals surface area contributed by atoms with E-state index in [1.165, 1.54) is 99.1 Å². The lowest BCUT2D eigenvalue weighted by atomic mass is 9.84. The summed E-state index contributed by atoms with van der Waals surface area (Å²) in [4.78, 5) is 0. The van der Waals surface area contributed by atoms with Crippen molar-refractivity contribution in [2.24, 2.45) is 0 Å². The van der Waals surface area contributed by atoms with Crippen LogP contribution in [0.2, 0.25) is 0 Å². The van der Waals surface area contributed by atoms with Crippen molar-refractivity contribution < 1.29 is 0 Å². The number of allylic oxidation sites excluding steroid dienone is 2. The summed E-state index contributed by atoms with van der Waals surface area (Å²) in [6.45, 7) is 4.38. The van der Waals surface area contributed by atoms with Crippen LogP contribution in [-0.4, -0.2) is 0 Å². The fourth-order valence-corrected chi connectivity index (χ4v) is 8.04. The number of fused-ring (bicyclic) bond motifs is 5. The van der Waals surface area contributed by atoms with E-state index in [9.17, 15) is 0 Å². The van der Waals surface area contributed by atoms with E-state index in [0.717, 1.165) is 12.8 Å². The standard InChI is InChI=1S/C50H38/c1-3-12-35-31-49(46-20-7-6-18-44(46)33(35)2)40-16-10-14-36(27-40)38-25-23-34-24-26-39(30-43(34)29-38)37-15-11-17-41(28-37)50-32-42-13-4-5-19-45(42)47-21-8-9-22-48(47)50/h3-5,7-17,19-32H,6,18H2,1-2H3/b12-3-. The molecule has 0 fully saturated rings. The first-order valence-electron chi connectivity index (χ1n) is 17.8. The van der Waals surface area contributed by atoms with Gasteiger partial charge in [0.15, 0.2) is 0 Å². The van der Waals surface area contributed by atoms with Crippen molar-refractivity contribution in [3.63, 3.8) is 0 Å². The molecule has 0 heterocycles. The third-order valence-corrected chi connectivity index (χ3v) is 10.6. The van der Waals surface area contributed by atoms with Crippen LogP contribution < -0.4 is 0 Å². The molecule has 0 radical (unpaired) electrons. The molecule has 8 aromatic rings. The number of rotatable bonds is 5. The topological polar surface area (TPSA) is 0 Å². The molecule has 0 aromatic heterocycles. The Morgan fingerprint density at radius 3 is 1.82 bits per heavy atom. The molecule has 0 saturated heterocycles. The van der Waals surface area contributed by atoms with Crippen LogP contribution in [0.25, 0.3) is 89.0 Å². The van der Waals surface area contributed by atoms with Crippen molar-refractivity contribution >= 4 is 44.5 Å². The average Bonchev–Trinajstić information content (AvgIpc) is 3.18. The van der Waals surface area contributed by atoms with E-state index in [1.807, 2.05) is 0 Å². The van der Waals surface area contributed by atoms with E-state index >= 15 is 0 Å². The van der Waals surface area contributed by atoms with Crippen LogP contribution in [0.1, 0.15) is 35.6 Å².